The number of carbonyl (C=O) groups excluding carboxylic acids is 2. The summed E-state index contributed by atoms with van der Waals surface area (Å²) in [6.45, 7) is -0.149. The number of carbonyl (C=O) groups is 2. The smallest absolute Gasteiger partial charge is 0.258 e. The third-order valence-corrected chi connectivity index (χ3v) is 3.53. The van der Waals surface area contributed by atoms with Gasteiger partial charge in [-0.1, -0.05) is 12.8 Å². The molecule has 1 aliphatic carbocycles. The lowest BCUT2D eigenvalue weighted by molar-refractivity contribution is -0.123. The number of benzene rings is 1. The van der Waals surface area contributed by atoms with E-state index >= 15 is 0 Å². The fraction of sp³-hybridized carbons (Fsp3) is 0.467. The second-order valence-electron chi connectivity index (χ2n) is 5.06. The molecule has 2 rings (SSSR count). The SMILES string of the molecule is COc1ccc(C(N)=O)c(OCC(=O)NC2CCCC2)c1. The van der Waals surface area contributed by atoms with E-state index in [1.807, 2.05) is 0 Å². The van der Waals surface area contributed by atoms with Gasteiger partial charge in [-0.05, 0) is 25.0 Å². The number of hydrogen-bond acceptors (Lipinski definition) is 4. The molecule has 1 fully saturated rings. The van der Waals surface area contributed by atoms with Crippen molar-refractivity contribution in [3.8, 4) is 11.5 Å². The summed E-state index contributed by atoms with van der Waals surface area (Å²) in [5, 5.41) is 2.92. The number of nitrogens with one attached hydrogen (secondary N) is 1. The first-order chi connectivity index (χ1) is 10.1. The van der Waals surface area contributed by atoms with Gasteiger partial charge in [0.1, 0.15) is 11.5 Å². The Hall–Kier alpha value is -2.24. The highest BCUT2D eigenvalue weighted by Gasteiger charge is 2.18. The van der Waals surface area contributed by atoms with E-state index in [0.717, 1.165) is 25.7 Å². The van der Waals surface area contributed by atoms with E-state index in [2.05, 4.69) is 5.32 Å². The highest BCUT2D eigenvalue weighted by molar-refractivity contribution is 5.96. The first kappa shape index (κ1) is 15.2. The molecule has 2 amide bonds. The van der Waals surface area contributed by atoms with Gasteiger partial charge in [0.05, 0.1) is 12.7 Å². The minimum Gasteiger partial charge on any atom is -0.497 e. The standard InChI is InChI=1S/C15H20N2O4/c1-20-11-6-7-12(15(16)19)13(8-11)21-9-14(18)17-10-4-2-3-5-10/h6-8,10H,2-5,9H2,1H3,(H2,16,19)(H,17,18). The molecular formula is C15H20N2O4. The van der Waals surface area contributed by atoms with Crippen LogP contribution in [0.3, 0.4) is 0 Å². The summed E-state index contributed by atoms with van der Waals surface area (Å²) >= 11 is 0. The van der Waals surface area contributed by atoms with Gasteiger partial charge in [-0.2, -0.15) is 0 Å². The number of hydrogen-bond donors (Lipinski definition) is 2. The minimum atomic E-state index is -0.608. The molecular weight excluding hydrogens is 272 g/mol. The van der Waals surface area contributed by atoms with Crippen LogP contribution in [0, 0.1) is 0 Å². The second kappa shape index (κ2) is 6.97. The maximum absolute atomic E-state index is 11.8. The lowest BCUT2D eigenvalue weighted by Gasteiger charge is -2.14. The van der Waals surface area contributed by atoms with Crippen LogP contribution in [-0.4, -0.2) is 31.6 Å². The Kier molecular flexibility index (Phi) is 5.03. The van der Waals surface area contributed by atoms with Crippen LogP contribution in [0.15, 0.2) is 18.2 Å². The predicted molar refractivity (Wildman–Crippen MR) is 77.4 cm³/mol. The molecule has 0 saturated heterocycles. The summed E-state index contributed by atoms with van der Waals surface area (Å²) in [4.78, 5) is 23.2. The molecule has 0 bridgehead atoms. The Morgan fingerprint density at radius 2 is 2.05 bits per heavy atom. The summed E-state index contributed by atoms with van der Waals surface area (Å²) in [5.74, 6) is -0.0152. The van der Waals surface area contributed by atoms with Crippen LogP contribution in [0.4, 0.5) is 0 Å². The van der Waals surface area contributed by atoms with E-state index in [9.17, 15) is 9.59 Å². The van der Waals surface area contributed by atoms with Gasteiger partial charge in [0.25, 0.3) is 11.8 Å². The van der Waals surface area contributed by atoms with Crippen LogP contribution in [0.25, 0.3) is 0 Å². The van der Waals surface area contributed by atoms with Crippen LogP contribution in [0.1, 0.15) is 36.0 Å². The van der Waals surface area contributed by atoms with E-state index in [4.69, 9.17) is 15.2 Å². The maximum Gasteiger partial charge on any atom is 0.258 e. The quantitative estimate of drug-likeness (QED) is 0.825. The van der Waals surface area contributed by atoms with Crippen LogP contribution >= 0.6 is 0 Å². The number of primary amides is 1. The van der Waals surface area contributed by atoms with E-state index in [1.54, 1.807) is 12.1 Å². The molecule has 0 heterocycles. The highest BCUT2D eigenvalue weighted by atomic mass is 16.5. The summed E-state index contributed by atoms with van der Waals surface area (Å²) in [5.41, 5.74) is 5.51. The zero-order valence-corrected chi connectivity index (χ0v) is 12.1. The third-order valence-electron chi connectivity index (χ3n) is 3.53. The highest BCUT2D eigenvalue weighted by Crippen LogP contribution is 2.24. The van der Waals surface area contributed by atoms with Crippen molar-refractivity contribution in [3.63, 3.8) is 0 Å². The molecule has 3 N–H and O–H groups in total. The molecule has 1 saturated carbocycles. The molecule has 1 aliphatic rings. The van der Waals surface area contributed by atoms with E-state index in [0.29, 0.717) is 5.75 Å². The lowest BCUT2D eigenvalue weighted by atomic mass is 10.2. The molecule has 6 nitrogen and oxygen atoms in total. The van der Waals surface area contributed by atoms with E-state index in [1.165, 1.54) is 13.2 Å². The fourth-order valence-electron chi connectivity index (χ4n) is 2.44. The van der Waals surface area contributed by atoms with Gasteiger partial charge < -0.3 is 20.5 Å². The van der Waals surface area contributed by atoms with Gasteiger partial charge in [0.2, 0.25) is 0 Å². The Morgan fingerprint density at radius 1 is 1.33 bits per heavy atom. The Labute approximate surface area is 123 Å². The number of nitrogens with two attached hydrogens (primary N) is 1. The molecule has 0 aliphatic heterocycles. The molecule has 0 unspecified atom stereocenters. The molecule has 0 atom stereocenters. The molecule has 1 aromatic rings. The number of rotatable bonds is 6. The van der Waals surface area contributed by atoms with Crippen LogP contribution in [0.5, 0.6) is 11.5 Å². The molecule has 1 aromatic carbocycles. The molecule has 21 heavy (non-hydrogen) atoms. The summed E-state index contributed by atoms with van der Waals surface area (Å²) in [6, 6.07) is 4.92. The molecule has 0 aromatic heterocycles. The predicted octanol–water partition coefficient (Wildman–Crippen LogP) is 1.23. The fourth-order valence-corrected chi connectivity index (χ4v) is 2.44. The summed E-state index contributed by atoms with van der Waals surface area (Å²) < 4.78 is 10.5. The third kappa shape index (κ3) is 4.11. The van der Waals surface area contributed by atoms with Crippen molar-refractivity contribution in [2.45, 2.75) is 31.7 Å². The van der Waals surface area contributed by atoms with Crippen molar-refractivity contribution in [2.24, 2.45) is 5.73 Å². The molecule has 0 radical (unpaired) electrons. The summed E-state index contributed by atoms with van der Waals surface area (Å²) in [7, 11) is 1.51. The monoisotopic (exact) mass is 292 g/mol. The average molecular weight is 292 g/mol. The zero-order valence-electron chi connectivity index (χ0n) is 12.1. The van der Waals surface area contributed by atoms with Crippen molar-refractivity contribution in [2.75, 3.05) is 13.7 Å². The van der Waals surface area contributed by atoms with Crippen molar-refractivity contribution >= 4 is 11.8 Å². The Balaban J connectivity index is 1.97. The first-order valence-electron chi connectivity index (χ1n) is 7.00. The number of amides is 2. The number of ether oxygens (including phenoxy) is 2. The zero-order chi connectivity index (χ0) is 15.2. The van der Waals surface area contributed by atoms with Gasteiger partial charge in [-0.25, -0.2) is 0 Å². The van der Waals surface area contributed by atoms with Gasteiger partial charge in [0.15, 0.2) is 6.61 Å². The van der Waals surface area contributed by atoms with Crippen molar-refractivity contribution in [3.05, 3.63) is 23.8 Å². The van der Waals surface area contributed by atoms with Crippen LogP contribution in [0.2, 0.25) is 0 Å². The maximum atomic E-state index is 11.8. The minimum absolute atomic E-state index is 0.149. The largest absolute Gasteiger partial charge is 0.497 e. The normalized spacial score (nSPS) is 14.7. The molecule has 114 valence electrons. The van der Waals surface area contributed by atoms with Crippen LogP contribution in [-0.2, 0) is 4.79 Å². The van der Waals surface area contributed by atoms with Crippen LogP contribution < -0.4 is 20.5 Å². The van der Waals surface area contributed by atoms with Crippen molar-refractivity contribution in [1.82, 2.24) is 5.32 Å². The number of methoxy groups -OCH3 is 1. The topological polar surface area (TPSA) is 90.7 Å². The Bertz CT molecular complexity index is 524. The summed E-state index contributed by atoms with van der Waals surface area (Å²) in [6.07, 6.45) is 4.32. The van der Waals surface area contributed by atoms with Crippen molar-refractivity contribution < 1.29 is 19.1 Å². The lowest BCUT2D eigenvalue weighted by Crippen LogP contribution is -2.36. The second-order valence-corrected chi connectivity index (χ2v) is 5.06. The average Bonchev–Trinajstić information content (AvgIpc) is 2.97. The van der Waals surface area contributed by atoms with Gasteiger partial charge >= 0.3 is 0 Å². The van der Waals surface area contributed by atoms with E-state index in [-0.39, 0.29) is 29.9 Å². The molecule has 6 heteroatoms. The molecule has 0 spiro atoms. The van der Waals surface area contributed by atoms with Crippen molar-refractivity contribution in [1.29, 1.82) is 0 Å². The van der Waals surface area contributed by atoms with E-state index < -0.39 is 5.91 Å². The van der Waals surface area contributed by atoms with Gasteiger partial charge in [-0.3, -0.25) is 9.59 Å². The Morgan fingerprint density at radius 3 is 2.67 bits per heavy atom. The van der Waals surface area contributed by atoms with Gasteiger partial charge in [-0.15, -0.1) is 0 Å². The van der Waals surface area contributed by atoms with Gasteiger partial charge in [0, 0.05) is 12.1 Å². The first-order valence-corrected chi connectivity index (χ1v) is 7.00.